The van der Waals surface area contributed by atoms with Crippen LogP contribution in [-0.2, 0) is 0 Å². The van der Waals surface area contributed by atoms with Crippen LogP contribution in [0.3, 0.4) is 0 Å². The van der Waals surface area contributed by atoms with Crippen LogP contribution < -0.4 is 4.74 Å². The van der Waals surface area contributed by atoms with Crippen molar-refractivity contribution >= 4 is 46.3 Å². The molecule has 3 aromatic rings. The van der Waals surface area contributed by atoms with Gasteiger partial charge >= 0.3 is 0 Å². The van der Waals surface area contributed by atoms with Crippen LogP contribution in [0.15, 0.2) is 24.3 Å². The minimum atomic E-state index is 0.0633. The van der Waals surface area contributed by atoms with Crippen molar-refractivity contribution in [2.24, 2.45) is 0 Å². The third-order valence-electron chi connectivity index (χ3n) is 3.14. The highest BCUT2D eigenvalue weighted by Crippen LogP contribution is 2.31. The van der Waals surface area contributed by atoms with Crippen LogP contribution in [-0.4, -0.2) is 21.6 Å². The Balaban J connectivity index is 2.19. The summed E-state index contributed by atoms with van der Waals surface area (Å²) in [5, 5.41) is 0. The van der Waals surface area contributed by atoms with Gasteiger partial charge in [-0.25, -0.2) is 0 Å². The molecule has 1 N–H and O–H groups in total. The Morgan fingerprint density at radius 3 is 2.85 bits per heavy atom. The lowest BCUT2D eigenvalue weighted by Crippen LogP contribution is -2.06. The first kappa shape index (κ1) is 13.6. The van der Waals surface area contributed by atoms with Gasteiger partial charge in [-0.3, -0.25) is 4.57 Å². The Kier molecular flexibility index (Phi) is 3.54. The van der Waals surface area contributed by atoms with E-state index in [4.69, 9.17) is 28.6 Å². The molecule has 0 aromatic carbocycles. The minimum absolute atomic E-state index is 0.0633. The maximum atomic E-state index is 6.01. The van der Waals surface area contributed by atoms with Gasteiger partial charge in [0.05, 0.1) is 23.0 Å². The SMILES string of the molecule is COc1ccc2[nH]c(=S)n(C(C)c3ccc(Cl)s3)c2n1. The van der Waals surface area contributed by atoms with Crippen LogP contribution in [0.4, 0.5) is 0 Å². The molecule has 0 saturated heterocycles. The summed E-state index contributed by atoms with van der Waals surface area (Å²) in [5.41, 5.74) is 1.68. The molecule has 20 heavy (non-hydrogen) atoms. The zero-order valence-electron chi connectivity index (χ0n) is 10.9. The molecule has 0 spiro atoms. The summed E-state index contributed by atoms with van der Waals surface area (Å²) in [4.78, 5) is 8.79. The molecule has 0 aliphatic heterocycles. The summed E-state index contributed by atoms with van der Waals surface area (Å²) in [5.74, 6) is 0.566. The van der Waals surface area contributed by atoms with Gasteiger partial charge in [0.1, 0.15) is 0 Å². The highest BCUT2D eigenvalue weighted by molar-refractivity contribution is 7.71. The molecule has 3 heterocycles. The number of fused-ring (bicyclic) bond motifs is 1. The second kappa shape index (κ2) is 5.20. The van der Waals surface area contributed by atoms with E-state index in [1.807, 2.05) is 28.8 Å². The molecular formula is C13H12ClN3OS2. The van der Waals surface area contributed by atoms with E-state index in [1.54, 1.807) is 18.4 Å². The number of thiophene rings is 1. The summed E-state index contributed by atoms with van der Waals surface area (Å²) in [6.45, 7) is 2.08. The highest BCUT2D eigenvalue weighted by Gasteiger charge is 2.16. The van der Waals surface area contributed by atoms with Gasteiger partial charge in [-0.05, 0) is 37.3 Å². The Bertz CT molecular complexity index is 820. The number of hydrogen-bond donors (Lipinski definition) is 1. The first-order valence-electron chi connectivity index (χ1n) is 6.00. The number of imidazole rings is 1. The van der Waals surface area contributed by atoms with Crippen LogP contribution in [0, 0.1) is 4.77 Å². The van der Waals surface area contributed by atoms with Crippen molar-refractivity contribution in [3.8, 4) is 5.88 Å². The molecule has 1 unspecified atom stereocenters. The van der Waals surface area contributed by atoms with Gasteiger partial charge in [0.25, 0.3) is 0 Å². The standard InChI is InChI=1S/C13H12ClN3OS2/c1-7(9-4-5-10(14)20-9)17-12-8(15-13(17)19)3-6-11(16-12)18-2/h3-7H,1-2H3,(H,15,19). The zero-order valence-corrected chi connectivity index (χ0v) is 13.3. The maximum absolute atomic E-state index is 6.01. The van der Waals surface area contributed by atoms with Gasteiger partial charge in [-0.2, -0.15) is 4.98 Å². The molecule has 0 radical (unpaired) electrons. The first-order valence-corrected chi connectivity index (χ1v) is 7.61. The summed E-state index contributed by atoms with van der Waals surface area (Å²) in [6.07, 6.45) is 0. The van der Waals surface area contributed by atoms with E-state index in [0.717, 1.165) is 20.4 Å². The quantitative estimate of drug-likeness (QED) is 0.724. The zero-order chi connectivity index (χ0) is 14.3. The lowest BCUT2D eigenvalue weighted by molar-refractivity contribution is 0.398. The van der Waals surface area contributed by atoms with Gasteiger partial charge in [-0.15, -0.1) is 11.3 Å². The van der Waals surface area contributed by atoms with Gasteiger partial charge in [0.2, 0.25) is 5.88 Å². The fraction of sp³-hybridized carbons (Fsp3) is 0.231. The first-order chi connectivity index (χ1) is 9.60. The number of ether oxygens (including phenoxy) is 1. The van der Waals surface area contributed by atoms with Gasteiger partial charge in [0.15, 0.2) is 10.4 Å². The van der Waals surface area contributed by atoms with Gasteiger partial charge < -0.3 is 9.72 Å². The van der Waals surface area contributed by atoms with Crippen molar-refractivity contribution in [2.75, 3.05) is 7.11 Å². The number of methoxy groups -OCH3 is 1. The number of nitrogens with zero attached hydrogens (tertiary/aromatic N) is 2. The third kappa shape index (κ3) is 2.24. The van der Waals surface area contributed by atoms with E-state index in [-0.39, 0.29) is 6.04 Å². The molecular weight excluding hydrogens is 314 g/mol. The van der Waals surface area contributed by atoms with E-state index in [2.05, 4.69) is 16.9 Å². The number of halogens is 1. The summed E-state index contributed by atoms with van der Waals surface area (Å²) < 4.78 is 8.57. The fourth-order valence-corrected chi connectivity index (χ4v) is 3.59. The van der Waals surface area contributed by atoms with E-state index in [9.17, 15) is 0 Å². The van der Waals surface area contributed by atoms with E-state index in [1.165, 1.54) is 0 Å². The number of aromatic amines is 1. The number of rotatable bonds is 3. The largest absolute Gasteiger partial charge is 0.481 e. The Hall–Kier alpha value is -1.37. The number of H-pyrrole nitrogens is 1. The van der Waals surface area contributed by atoms with Gasteiger partial charge in [0, 0.05) is 10.9 Å². The molecule has 0 aliphatic carbocycles. The summed E-state index contributed by atoms with van der Waals surface area (Å²) >= 11 is 13.0. The average Bonchev–Trinajstić information content (AvgIpc) is 3.00. The smallest absolute Gasteiger partial charge is 0.215 e. The molecule has 0 saturated carbocycles. The molecule has 0 amide bonds. The van der Waals surface area contributed by atoms with Crippen molar-refractivity contribution in [3.05, 3.63) is 38.3 Å². The molecule has 0 aliphatic rings. The molecule has 3 rings (SSSR count). The Labute approximate surface area is 130 Å². The lowest BCUT2D eigenvalue weighted by Gasteiger charge is -2.12. The Morgan fingerprint density at radius 1 is 1.40 bits per heavy atom. The van der Waals surface area contributed by atoms with Crippen LogP contribution in [0.5, 0.6) is 5.88 Å². The topological polar surface area (TPSA) is 42.8 Å². The van der Waals surface area contributed by atoms with Crippen LogP contribution >= 0.6 is 35.2 Å². The second-order valence-corrected chi connectivity index (χ2v) is 6.48. The van der Waals surface area contributed by atoms with Crippen LogP contribution in [0.25, 0.3) is 11.2 Å². The summed E-state index contributed by atoms with van der Waals surface area (Å²) in [7, 11) is 1.60. The maximum Gasteiger partial charge on any atom is 0.215 e. The molecule has 3 aromatic heterocycles. The van der Waals surface area contributed by atoms with Crippen molar-refractivity contribution in [2.45, 2.75) is 13.0 Å². The lowest BCUT2D eigenvalue weighted by atomic mass is 10.2. The van der Waals surface area contributed by atoms with Gasteiger partial charge in [-0.1, -0.05) is 11.6 Å². The number of aromatic nitrogens is 3. The number of nitrogens with one attached hydrogen (secondary N) is 1. The van der Waals surface area contributed by atoms with E-state index in [0.29, 0.717) is 10.7 Å². The van der Waals surface area contributed by atoms with E-state index >= 15 is 0 Å². The minimum Gasteiger partial charge on any atom is -0.481 e. The van der Waals surface area contributed by atoms with Crippen molar-refractivity contribution in [1.82, 2.24) is 14.5 Å². The normalized spacial score (nSPS) is 12.8. The second-order valence-electron chi connectivity index (χ2n) is 4.34. The predicted octanol–water partition coefficient (Wildman–Crippen LogP) is 4.43. The predicted molar refractivity (Wildman–Crippen MR) is 84.6 cm³/mol. The van der Waals surface area contributed by atoms with Crippen LogP contribution in [0.1, 0.15) is 17.8 Å². The molecule has 7 heteroatoms. The monoisotopic (exact) mass is 325 g/mol. The number of pyridine rings is 1. The third-order valence-corrected chi connectivity index (χ3v) is 4.84. The molecule has 104 valence electrons. The molecule has 0 fully saturated rings. The molecule has 4 nitrogen and oxygen atoms in total. The average molecular weight is 326 g/mol. The number of hydrogen-bond acceptors (Lipinski definition) is 4. The van der Waals surface area contributed by atoms with Crippen molar-refractivity contribution in [1.29, 1.82) is 0 Å². The van der Waals surface area contributed by atoms with Crippen molar-refractivity contribution in [3.63, 3.8) is 0 Å². The van der Waals surface area contributed by atoms with Crippen molar-refractivity contribution < 1.29 is 4.74 Å². The molecule has 0 bridgehead atoms. The Morgan fingerprint density at radius 2 is 2.20 bits per heavy atom. The molecule has 1 atom stereocenters. The fourth-order valence-electron chi connectivity index (χ4n) is 2.14. The highest BCUT2D eigenvalue weighted by atomic mass is 35.5. The van der Waals surface area contributed by atoms with Crippen LogP contribution in [0.2, 0.25) is 4.34 Å². The van der Waals surface area contributed by atoms with E-state index < -0.39 is 0 Å². The summed E-state index contributed by atoms with van der Waals surface area (Å²) in [6, 6.07) is 7.70.